The molecule has 0 radical (unpaired) electrons. The Morgan fingerprint density at radius 3 is 1.62 bits per heavy atom. The third-order valence-electron chi connectivity index (χ3n) is 6.42. The highest BCUT2D eigenvalue weighted by atomic mass is 15.1. The van der Waals surface area contributed by atoms with E-state index < -0.39 is 0 Å². The van der Waals surface area contributed by atoms with E-state index in [0.29, 0.717) is 28.9 Å². The van der Waals surface area contributed by atoms with Crippen molar-refractivity contribution in [1.29, 1.82) is 0 Å². The third kappa shape index (κ3) is 4.53. The van der Waals surface area contributed by atoms with Crippen molar-refractivity contribution < 1.29 is 0 Å². The van der Waals surface area contributed by atoms with Crippen molar-refractivity contribution in [1.82, 2.24) is 34.3 Å². The second-order valence-electron chi connectivity index (χ2n) is 8.99. The molecule has 0 fully saturated rings. The molecule has 0 aliphatic heterocycles. The topological polar surface area (TPSA) is 81.8 Å². The van der Waals surface area contributed by atoms with E-state index in [9.17, 15) is 0 Å². The number of benzene rings is 2. The number of hydrogen-bond acceptors (Lipinski definition) is 6. The van der Waals surface area contributed by atoms with Crippen LogP contribution in [0.5, 0.6) is 0 Å². The quantitative estimate of drug-likeness (QED) is 0.262. The highest BCUT2D eigenvalue weighted by Gasteiger charge is 2.14. The van der Waals surface area contributed by atoms with Crippen LogP contribution in [0.2, 0.25) is 0 Å². The lowest BCUT2D eigenvalue weighted by atomic mass is 10.1. The Kier molecular flexibility index (Phi) is 5.64. The van der Waals surface area contributed by atoms with Crippen molar-refractivity contribution in [3.8, 4) is 56.8 Å². The van der Waals surface area contributed by atoms with Crippen molar-refractivity contribution in [3.63, 3.8) is 0 Å². The Labute approximate surface area is 224 Å². The number of pyridine rings is 3. The molecule has 39 heavy (non-hydrogen) atoms. The van der Waals surface area contributed by atoms with Crippen molar-refractivity contribution in [2.45, 2.75) is 0 Å². The maximum absolute atomic E-state index is 4.77. The van der Waals surface area contributed by atoms with Gasteiger partial charge in [-0.05, 0) is 47.5 Å². The molecular weight excluding hydrogens is 482 g/mol. The standard InChI is InChI=1S/C32H21N7/c1-2-8-23(9-3-1)28-21-39-20-25(16-17-29(39)35-28)22-12-14-24(15-13-22)30-36-31(26-10-4-6-18-33-26)38-32(37-30)27-11-5-7-19-34-27/h1-21H. The van der Waals surface area contributed by atoms with E-state index >= 15 is 0 Å². The van der Waals surface area contributed by atoms with Crippen LogP contribution in [-0.2, 0) is 0 Å². The summed E-state index contributed by atoms with van der Waals surface area (Å²) in [5, 5.41) is 0. The van der Waals surface area contributed by atoms with Gasteiger partial charge in [-0.2, -0.15) is 0 Å². The summed E-state index contributed by atoms with van der Waals surface area (Å²) in [7, 11) is 0. The van der Waals surface area contributed by atoms with Gasteiger partial charge < -0.3 is 4.40 Å². The zero-order chi connectivity index (χ0) is 26.0. The van der Waals surface area contributed by atoms with Crippen molar-refractivity contribution in [2.75, 3.05) is 0 Å². The highest BCUT2D eigenvalue weighted by molar-refractivity contribution is 5.71. The molecule has 5 heterocycles. The summed E-state index contributed by atoms with van der Waals surface area (Å²) < 4.78 is 2.07. The predicted octanol–water partition coefficient (Wildman–Crippen LogP) is 6.64. The molecule has 5 aromatic heterocycles. The van der Waals surface area contributed by atoms with E-state index in [1.165, 1.54) is 0 Å². The average Bonchev–Trinajstić information content (AvgIpc) is 3.46. The average molecular weight is 504 g/mol. The number of hydrogen-bond donors (Lipinski definition) is 0. The molecule has 0 amide bonds. The molecular formula is C32H21N7. The van der Waals surface area contributed by atoms with Crippen LogP contribution in [0.1, 0.15) is 0 Å². The van der Waals surface area contributed by atoms with Gasteiger partial charge in [0, 0.05) is 35.9 Å². The van der Waals surface area contributed by atoms with Crippen molar-refractivity contribution >= 4 is 5.65 Å². The summed E-state index contributed by atoms with van der Waals surface area (Å²) in [4.78, 5) is 27.8. The summed E-state index contributed by atoms with van der Waals surface area (Å²) in [5.41, 5.74) is 7.36. The Bertz CT molecular complexity index is 1830. The molecule has 7 heteroatoms. The molecule has 7 aromatic rings. The lowest BCUT2D eigenvalue weighted by Gasteiger charge is -2.08. The van der Waals surface area contributed by atoms with Gasteiger partial charge >= 0.3 is 0 Å². The third-order valence-corrected chi connectivity index (χ3v) is 6.42. The van der Waals surface area contributed by atoms with Crippen LogP contribution in [0.3, 0.4) is 0 Å². The molecule has 0 aliphatic rings. The Morgan fingerprint density at radius 1 is 0.385 bits per heavy atom. The minimum absolute atomic E-state index is 0.505. The lowest BCUT2D eigenvalue weighted by molar-refractivity contribution is 1.05. The van der Waals surface area contributed by atoms with Crippen LogP contribution in [0.25, 0.3) is 62.5 Å². The minimum atomic E-state index is 0.505. The summed E-state index contributed by atoms with van der Waals surface area (Å²) in [6.07, 6.45) is 7.62. The van der Waals surface area contributed by atoms with Gasteiger partial charge in [-0.25, -0.2) is 19.9 Å². The zero-order valence-electron chi connectivity index (χ0n) is 20.8. The summed E-state index contributed by atoms with van der Waals surface area (Å²) >= 11 is 0. The second-order valence-corrected chi connectivity index (χ2v) is 8.99. The first-order chi connectivity index (χ1) is 19.3. The summed E-state index contributed by atoms with van der Waals surface area (Å²) in [6, 6.07) is 33.9. The minimum Gasteiger partial charge on any atom is -0.306 e. The molecule has 0 unspecified atom stereocenters. The number of fused-ring (bicyclic) bond motifs is 1. The monoisotopic (exact) mass is 503 g/mol. The van der Waals surface area contributed by atoms with Gasteiger partial charge in [0.05, 0.1) is 5.69 Å². The normalized spacial score (nSPS) is 11.1. The molecule has 0 bridgehead atoms. The van der Waals surface area contributed by atoms with Crippen molar-refractivity contribution in [3.05, 3.63) is 128 Å². The number of imidazole rings is 1. The van der Waals surface area contributed by atoms with Gasteiger partial charge in [0.1, 0.15) is 17.0 Å². The van der Waals surface area contributed by atoms with Gasteiger partial charge in [-0.1, -0.05) is 66.7 Å². The van der Waals surface area contributed by atoms with Gasteiger partial charge in [-0.3, -0.25) is 9.97 Å². The van der Waals surface area contributed by atoms with Gasteiger partial charge in [0.25, 0.3) is 0 Å². The van der Waals surface area contributed by atoms with Crippen LogP contribution < -0.4 is 0 Å². The zero-order valence-corrected chi connectivity index (χ0v) is 20.8. The predicted molar refractivity (Wildman–Crippen MR) is 151 cm³/mol. The second kappa shape index (κ2) is 9.72. The highest BCUT2D eigenvalue weighted by Crippen LogP contribution is 2.27. The summed E-state index contributed by atoms with van der Waals surface area (Å²) in [5.74, 6) is 1.57. The Balaban J connectivity index is 1.25. The van der Waals surface area contributed by atoms with Crippen LogP contribution in [0.15, 0.2) is 128 Å². The number of rotatable bonds is 5. The number of aromatic nitrogens is 7. The van der Waals surface area contributed by atoms with E-state index in [1.54, 1.807) is 12.4 Å². The molecule has 7 rings (SSSR count). The fourth-order valence-corrected chi connectivity index (χ4v) is 4.45. The van der Waals surface area contributed by atoms with E-state index in [-0.39, 0.29) is 0 Å². The fourth-order valence-electron chi connectivity index (χ4n) is 4.45. The molecule has 0 saturated carbocycles. The molecule has 2 aromatic carbocycles. The van der Waals surface area contributed by atoms with Crippen LogP contribution >= 0.6 is 0 Å². The van der Waals surface area contributed by atoms with Gasteiger partial charge in [-0.15, -0.1) is 0 Å². The van der Waals surface area contributed by atoms with E-state index in [4.69, 9.17) is 15.0 Å². The Morgan fingerprint density at radius 2 is 0.974 bits per heavy atom. The van der Waals surface area contributed by atoms with E-state index in [1.807, 2.05) is 72.8 Å². The fraction of sp³-hybridized carbons (Fsp3) is 0. The summed E-state index contributed by atoms with van der Waals surface area (Å²) in [6.45, 7) is 0. The first-order valence-electron chi connectivity index (χ1n) is 12.5. The molecule has 0 saturated heterocycles. The van der Waals surface area contributed by atoms with Crippen LogP contribution in [0.4, 0.5) is 0 Å². The van der Waals surface area contributed by atoms with E-state index in [2.05, 4.69) is 62.1 Å². The first kappa shape index (κ1) is 22.6. The molecule has 0 atom stereocenters. The lowest BCUT2D eigenvalue weighted by Crippen LogP contribution is -2.01. The molecule has 0 spiro atoms. The van der Waals surface area contributed by atoms with Crippen LogP contribution in [-0.4, -0.2) is 34.3 Å². The number of nitrogens with zero attached hydrogens (tertiary/aromatic N) is 7. The molecule has 0 N–H and O–H groups in total. The maximum Gasteiger partial charge on any atom is 0.182 e. The first-order valence-corrected chi connectivity index (χ1v) is 12.5. The Hall–Kier alpha value is -5.56. The molecule has 0 aliphatic carbocycles. The maximum atomic E-state index is 4.77. The van der Waals surface area contributed by atoms with Gasteiger partial charge in [0.15, 0.2) is 17.5 Å². The van der Waals surface area contributed by atoms with E-state index in [0.717, 1.165) is 33.6 Å². The van der Waals surface area contributed by atoms with Gasteiger partial charge in [0.2, 0.25) is 0 Å². The smallest absolute Gasteiger partial charge is 0.182 e. The molecule has 184 valence electrons. The SMILES string of the molecule is c1ccc(-c2cn3cc(-c4ccc(-c5nc(-c6ccccn6)nc(-c6ccccn6)n5)cc4)ccc3n2)cc1. The van der Waals surface area contributed by atoms with Crippen molar-refractivity contribution in [2.24, 2.45) is 0 Å². The molecule has 7 nitrogen and oxygen atoms in total. The largest absolute Gasteiger partial charge is 0.306 e. The van der Waals surface area contributed by atoms with Crippen LogP contribution in [0, 0.1) is 0 Å².